The van der Waals surface area contributed by atoms with E-state index in [1.165, 1.54) is 6.07 Å². The third-order valence-electron chi connectivity index (χ3n) is 6.79. The van der Waals surface area contributed by atoms with E-state index in [4.69, 9.17) is 11.6 Å². The fourth-order valence-corrected chi connectivity index (χ4v) is 4.99. The molecule has 2 aromatic heterocycles. The molecule has 0 bridgehead atoms. The lowest BCUT2D eigenvalue weighted by Crippen LogP contribution is -2.26. The molecular formula is C25H18ClF4N5. The van der Waals surface area contributed by atoms with Gasteiger partial charge >= 0.3 is 6.18 Å². The average Bonchev–Trinajstić information content (AvgIpc) is 3.56. The zero-order chi connectivity index (χ0) is 24.5. The fourth-order valence-electron chi connectivity index (χ4n) is 4.74. The normalized spacial score (nSPS) is 16.8. The van der Waals surface area contributed by atoms with E-state index in [-0.39, 0.29) is 17.9 Å². The van der Waals surface area contributed by atoms with E-state index in [1.54, 1.807) is 29.5 Å². The second-order valence-corrected chi connectivity index (χ2v) is 9.34. The first kappa shape index (κ1) is 22.1. The molecule has 178 valence electrons. The summed E-state index contributed by atoms with van der Waals surface area (Å²) in [6.07, 6.45) is -2.91. The van der Waals surface area contributed by atoms with Crippen molar-refractivity contribution >= 4 is 39.8 Å². The molecule has 0 saturated heterocycles. The minimum Gasteiger partial charge on any atom is -0.325 e. The molecule has 1 aliphatic carbocycles. The first-order valence-electron chi connectivity index (χ1n) is 11.2. The molecule has 1 saturated carbocycles. The Labute approximate surface area is 202 Å². The SMILES string of the molecule is Cc1nnc2nc(N3CCCc4c(C#CC5(C(F)(F)F)CC5)cccc43)c3c(Cl)c(F)ccc3n12. The van der Waals surface area contributed by atoms with Crippen molar-refractivity contribution in [1.29, 1.82) is 0 Å². The Hall–Kier alpha value is -3.38. The number of rotatable bonds is 1. The number of anilines is 2. The lowest BCUT2D eigenvalue weighted by molar-refractivity contribution is -0.168. The molecule has 0 spiro atoms. The Morgan fingerprint density at radius 3 is 2.66 bits per heavy atom. The van der Waals surface area contributed by atoms with E-state index in [0.717, 1.165) is 11.3 Å². The van der Waals surface area contributed by atoms with E-state index in [1.807, 2.05) is 11.0 Å². The van der Waals surface area contributed by atoms with Gasteiger partial charge in [0.2, 0.25) is 0 Å². The van der Waals surface area contributed by atoms with Crippen LogP contribution in [0.1, 0.15) is 36.2 Å². The zero-order valence-electron chi connectivity index (χ0n) is 18.5. The summed E-state index contributed by atoms with van der Waals surface area (Å²) in [6.45, 7) is 2.33. The molecule has 4 aromatic rings. The predicted octanol–water partition coefficient (Wildman–Crippen LogP) is 6.16. The maximum atomic E-state index is 14.6. The summed E-state index contributed by atoms with van der Waals surface area (Å²) in [5.74, 6) is 6.09. The number of alkyl halides is 3. The van der Waals surface area contributed by atoms with E-state index < -0.39 is 17.4 Å². The van der Waals surface area contributed by atoms with Gasteiger partial charge in [0.05, 0.1) is 15.9 Å². The summed E-state index contributed by atoms with van der Waals surface area (Å²) in [5, 5.41) is 8.60. The van der Waals surface area contributed by atoms with Crippen LogP contribution in [-0.4, -0.2) is 32.3 Å². The fraction of sp³-hybridized carbons (Fsp3) is 0.320. The van der Waals surface area contributed by atoms with Gasteiger partial charge in [-0.2, -0.15) is 18.2 Å². The number of fused-ring (bicyclic) bond motifs is 4. The van der Waals surface area contributed by atoms with Gasteiger partial charge in [-0.05, 0) is 62.4 Å². The highest BCUT2D eigenvalue weighted by Crippen LogP contribution is 2.57. The zero-order valence-corrected chi connectivity index (χ0v) is 19.3. The summed E-state index contributed by atoms with van der Waals surface area (Å²) in [6, 6.07) is 8.28. The Morgan fingerprint density at radius 2 is 1.91 bits per heavy atom. The van der Waals surface area contributed by atoms with E-state index in [2.05, 4.69) is 27.0 Å². The first-order valence-corrected chi connectivity index (χ1v) is 11.6. The van der Waals surface area contributed by atoms with Gasteiger partial charge in [0.1, 0.15) is 22.9 Å². The van der Waals surface area contributed by atoms with Crippen LogP contribution in [-0.2, 0) is 6.42 Å². The van der Waals surface area contributed by atoms with Gasteiger partial charge in [0, 0.05) is 17.8 Å². The van der Waals surface area contributed by atoms with Gasteiger partial charge < -0.3 is 4.90 Å². The molecule has 35 heavy (non-hydrogen) atoms. The van der Waals surface area contributed by atoms with Crippen molar-refractivity contribution in [3.8, 4) is 11.8 Å². The van der Waals surface area contributed by atoms with Crippen LogP contribution in [0.25, 0.3) is 16.7 Å². The van der Waals surface area contributed by atoms with Gasteiger partial charge in [-0.15, -0.1) is 10.2 Å². The van der Waals surface area contributed by atoms with Crippen molar-refractivity contribution in [2.75, 3.05) is 11.4 Å². The number of nitrogens with zero attached hydrogens (tertiary/aromatic N) is 5. The molecule has 1 fully saturated rings. The maximum Gasteiger partial charge on any atom is 0.405 e. The number of hydrogen-bond acceptors (Lipinski definition) is 4. The summed E-state index contributed by atoms with van der Waals surface area (Å²) in [7, 11) is 0. The highest BCUT2D eigenvalue weighted by molar-refractivity contribution is 6.36. The van der Waals surface area contributed by atoms with Crippen LogP contribution in [0.15, 0.2) is 30.3 Å². The molecule has 5 nitrogen and oxygen atoms in total. The van der Waals surface area contributed by atoms with E-state index in [0.29, 0.717) is 53.3 Å². The topological polar surface area (TPSA) is 46.3 Å². The first-order chi connectivity index (χ1) is 16.7. The number of hydrogen-bond donors (Lipinski definition) is 0. The predicted molar refractivity (Wildman–Crippen MR) is 124 cm³/mol. The summed E-state index contributed by atoms with van der Waals surface area (Å²) in [4.78, 5) is 6.60. The Morgan fingerprint density at radius 1 is 1.11 bits per heavy atom. The third-order valence-corrected chi connectivity index (χ3v) is 7.16. The molecule has 0 unspecified atom stereocenters. The second-order valence-electron chi connectivity index (χ2n) is 8.96. The molecule has 0 atom stereocenters. The lowest BCUT2D eigenvalue weighted by atomic mass is 9.95. The quantitative estimate of drug-likeness (QED) is 0.232. The Balaban J connectivity index is 1.54. The van der Waals surface area contributed by atoms with Crippen molar-refractivity contribution in [2.24, 2.45) is 5.41 Å². The Bertz CT molecular complexity index is 1580. The van der Waals surface area contributed by atoms with Crippen LogP contribution in [0.5, 0.6) is 0 Å². The Kier molecular flexibility index (Phi) is 4.77. The smallest absolute Gasteiger partial charge is 0.325 e. The lowest BCUT2D eigenvalue weighted by Gasteiger charge is -2.32. The highest BCUT2D eigenvalue weighted by atomic mass is 35.5. The molecule has 0 radical (unpaired) electrons. The highest BCUT2D eigenvalue weighted by Gasteiger charge is 2.62. The van der Waals surface area contributed by atoms with Gasteiger partial charge in [-0.1, -0.05) is 29.5 Å². The van der Waals surface area contributed by atoms with Gasteiger partial charge in [-0.3, -0.25) is 4.40 Å². The number of aromatic nitrogens is 4. The van der Waals surface area contributed by atoms with Crippen molar-refractivity contribution < 1.29 is 17.6 Å². The van der Waals surface area contributed by atoms with Crippen LogP contribution in [0.4, 0.5) is 29.1 Å². The average molecular weight is 500 g/mol. The molecule has 1 aliphatic heterocycles. The van der Waals surface area contributed by atoms with Crippen LogP contribution in [0.2, 0.25) is 5.02 Å². The van der Waals surface area contributed by atoms with Crippen LogP contribution < -0.4 is 4.90 Å². The van der Waals surface area contributed by atoms with E-state index in [9.17, 15) is 17.6 Å². The summed E-state index contributed by atoms with van der Waals surface area (Å²) >= 11 is 6.45. The minimum absolute atomic E-state index is 0.0302. The second kappa shape index (κ2) is 7.56. The van der Waals surface area contributed by atoms with Crippen LogP contribution >= 0.6 is 11.6 Å². The van der Waals surface area contributed by atoms with Gasteiger partial charge in [0.25, 0.3) is 5.78 Å². The molecular weight excluding hydrogens is 482 g/mol. The monoisotopic (exact) mass is 499 g/mol. The molecule has 0 amide bonds. The number of halogens is 5. The molecule has 2 aromatic carbocycles. The standard InChI is InChI=1S/C25H18ClF4N5/c1-14-32-33-23-31-22(20-19(35(14)23)8-7-17(27)21(20)26)34-13-3-5-16-15(4-2-6-18(16)34)9-10-24(11-12-24)25(28,29)30/h2,4,6-8H,3,5,11-13H2,1H3. The van der Waals surface area contributed by atoms with Crippen molar-refractivity contribution in [2.45, 2.75) is 38.8 Å². The molecule has 6 rings (SSSR count). The summed E-state index contributed by atoms with van der Waals surface area (Å²) in [5.41, 5.74) is 0.870. The minimum atomic E-state index is -4.34. The van der Waals surface area contributed by atoms with Crippen LogP contribution in [0, 0.1) is 30.0 Å². The maximum absolute atomic E-state index is 14.6. The molecule has 2 aliphatic rings. The van der Waals surface area contributed by atoms with E-state index >= 15 is 0 Å². The molecule has 0 N–H and O–H groups in total. The van der Waals surface area contributed by atoms with Crippen molar-refractivity contribution in [3.05, 3.63) is 58.1 Å². The van der Waals surface area contributed by atoms with Crippen molar-refractivity contribution in [3.63, 3.8) is 0 Å². The number of aryl methyl sites for hydroxylation is 1. The van der Waals surface area contributed by atoms with Crippen molar-refractivity contribution in [1.82, 2.24) is 19.6 Å². The largest absolute Gasteiger partial charge is 0.405 e. The number of benzene rings is 2. The molecule has 3 heterocycles. The third kappa shape index (κ3) is 3.34. The van der Waals surface area contributed by atoms with Gasteiger partial charge in [0.15, 0.2) is 0 Å². The molecule has 10 heteroatoms. The summed E-state index contributed by atoms with van der Waals surface area (Å²) < 4.78 is 56.5. The van der Waals surface area contributed by atoms with Crippen LogP contribution in [0.3, 0.4) is 0 Å². The van der Waals surface area contributed by atoms with Gasteiger partial charge in [-0.25, -0.2) is 4.39 Å².